The van der Waals surface area contributed by atoms with Gasteiger partial charge in [0.1, 0.15) is 5.15 Å². The molecule has 3 fully saturated rings. The lowest BCUT2D eigenvalue weighted by Gasteiger charge is -2.35. The van der Waals surface area contributed by atoms with Crippen LogP contribution in [0.2, 0.25) is 15.2 Å². The molecule has 3 aliphatic rings. The summed E-state index contributed by atoms with van der Waals surface area (Å²) < 4.78 is 8.27. The Morgan fingerprint density at radius 1 is 1.05 bits per heavy atom. The number of aromatic nitrogens is 2. The Morgan fingerprint density at radius 2 is 1.67 bits per heavy atom. The topological polar surface area (TPSA) is 102 Å². The molecule has 4 heterocycles. The van der Waals surface area contributed by atoms with E-state index in [4.69, 9.17) is 39.5 Å². The minimum Gasteiger partial charge on any atom is -0.481 e. The molecule has 1 aliphatic carbocycles. The van der Waals surface area contributed by atoms with Crippen LogP contribution < -0.4 is 0 Å². The molecule has 0 atom stereocenters. The second kappa shape index (κ2) is 10.4. The summed E-state index contributed by atoms with van der Waals surface area (Å²) in [6, 6.07) is 1.66. The molecule has 5 rings (SSSR count). The maximum Gasteiger partial charge on any atom is 0.309 e. The summed E-state index contributed by atoms with van der Waals surface area (Å²) in [5, 5.41) is 10.1. The van der Waals surface area contributed by atoms with Crippen LogP contribution >= 0.6 is 34.8 Å². The molecule has 2 aromatic rings. The first-order valence-corrected chi connectivity index (χ1v) is 14.4. The first-order valence-electron chi connectivity index (χ1n) is 13.3. The van der Waals surface area contributed by atoms with Gasteiger partial charge in [-0.05, 0) is 71.3 Å². The number of carbonyl (C=O) groups is 3. The number of carbonyl (C=O) groups excluding carboxylic acids is 2. The number of pyridine rings is 1. The lowest BCUT2D eigenvalue weighted by molar-refractivity contribution is -0.150. The van der Waals surface area contributed by atoms with Crippen molar-refractivity contribution in [3.63, 3.8) is 0 Å². The van der Waals surface area contributed by atoms with Crippen molar-refractivity contribution in [3.8, 4) is 0 Å². The Kier molecular flexibility index (Phi) is 7.55. The van der Waals surface area contributed by atoms with Gasteiger partial charge in [-0.25, -0.2) is 0 Å². The molecule has 1 N–H and O–H groups in total. The molecule has 0 radical (unpaired) electrons. The Labute approximate surface area is 242 Å². The number of hydrogen-bond acceptors (Lipinski definition) is 5. The Bertz CT molecular complexity index is 1290. The van der Waals surface area contributed by atoms with Crippen LogP contribution in [0.15, 0.2) is 24.7 Å². The average Bonchev–Trinajstić information content (AvgIpc) is 3.53. The van der Waals surface area contributed by atoms with E-state index < -0.39 is 22.8 Å². The van der Waals surface area contributed by atoms with Crippen molar-refractivity contribution in [3.05, 3.63) is 51.0 Å². The summed E-state index contributed by atoms with van der Waals surface area (Å²) in [5.74, 6) is -1.56. The van der Waals surface area contributed by atoms with E-state index in [1.807, 2.05) is 4.57 Å². The van der Waals surface area contributed by atoms with Crippen LogP contribution in [-0.2, 0) is 9.53 Å². The zero-order valence-corrected chi connectivity index (χ0v) is 24.3. The molecule has 1 amide bonds. The molecule has 11 heteroatoms. The van der Waals surface area contributed by atoms with Crippen molar-refractivity contribution < 1.29 is 24.2 Å². The van der Waals surface area contributed by atoms with Crippen LogP contribution in [0.4, 0.5) is 0 Å². The van der Waals surface area contributed by atoms with Crippen LogP contribution in [-0.4, -0.2) is 61.5 Å². The maximum atomic E-state index is 14.0. The number of ether oxygens (including phenoxy) is 1. The van der Waals surface area contributed by atoms with E-state index in [1.54, 1.807) is 19.2 Å². The molecular formula is C28H32Cl3N3O5. The number of carboxylic acids is 1. The number of rotatable bonds is 8. The summed E-state index contributed by atoms with van der Waals surface area (Å²) >= 11 is 19.3. The van der Waals surface area contributed by atoms with E-state index in [9.17, 15) is 19.5 Å². The highest BCUT2D eigenvalue weighted by atomic mass is 35.5. The van der Waals surface area contributed by atoms with Gasteiger partial charge in [0.15, 0.2) is 5.78 Å². The molecule has 2 aliphatic heterocycles. The molecule has 210 valence electrons. The van der Waals surface area contributed by atoms with Gasteiger partial charge in [-0.15, -0.1) is 0 Å². The number of ketones is 1. The zero-order chi connectivity index (χ0) is 28.2. The zero-order valence-electron chi connectivity index (χ0n) is 22.0. The van der Waals surface area contributed by atoms with E-state index in [0.717, 1.165) is 25.7 Å². The third kappa shape index (κ3) is 5.33. The molecule has 1 saturated carbocycles. The molecule has 2 aromatic heterocycles. The SMILES string of the molecule is CC12CCC(CN(CC(=O)c3c(Cl)cncc3Cl)C(=O)c3ccn(C4CCC(C)(C(=O)O)CC4)c3Cl)(CC1)O2. The number of Topliss-reactive ketones (excluding diaryl/α,β-unsaturated/α-hetero) is 1. The molecule has 2 saturated heterocycles. The van der Waals surface area contributed by atoms with Gasteiger partial charge in [0.25, 0.3) is 5.91 Å². The molecule has 2 bridgehead atoms. The third-order valence-corrected chi connectivity index (χ3v) is 9.94. The summed E-state index contributed by atoms with van der Waals surface area (Å²) in [6.07, 6.45) is 10.2. The molecule has 8 nitrogen and oxygen atoms in total. The second-order valence-corrected chi connectivity index (χ2v) is 13.0. The molecule has 0 aromatic carbocycles. The van der Waals surface area contributed by atoms with E-state index >= 15 is 0 Å². The van der Waals surface area contributed by atoms with Crippen LogP contribution in [0.1, 0.15) is 92.0 Å². The van der Waals surface area contributed by atoms with Crippen molar-refractivity contribution in [1.29, 1.82) is 0 Å². The number of fused-ring (bicyclic) bond motifs is 2. The van der Waals surface area contributed by atoms with Crippen LogP contribution in [0, 0.1) is 5.41 Å². The first kappa shape index (κ1) is 28.4. The lowest BCUT2D eigenvalue weighted by atomic mass is 9.74. The first-order chi connectivity index (χ1) is 18.4. The standard InChI is InChI=1S/C28H32Cl3N3O5/c1-26(25(37)38)6-3-17(4-7-26)34-12-5-18(23(34)31)24(36)33(16-28-10-8-27(2,39-28)9-11-28)15-21(35)22-19(29)13-32-14-20(22)30/h5,12-14,17H,3-4,6-11,15-16H2,1-2H3,(H,37,38). The van der Waals surface area contributed by atoms with Gasteiger partial charge in [-0.1, -0.05) is 34.8 Å². The smallest absolute Gasteiger partial charge is 0.309 e. The number of carboxylic acid groups (broad SMARTS) is 1. The molecular weight excluding hydrogens is 565 g/mol. The summed E-state index contributed by atoms with van der Waals surface area (Å²) in [7, 11) is 0. The highest BCUT2D eigenvalue weighted by Gasteiger charge is 2.54. The largest absolute Gasteiger partial charge is 0.481 e. The number of nitrogens with zero attached hydrogens (tertiary/aromatic N) is 3. The normalized spacial score (nSPS) is 29.9. The second-order valence-electron chi connectivity index (χ2n) is 11.8. The number of aliphatic carboxylic acids is 1. The molecule has 0 unspecified atom stereocenters. The van der Waals surface area contributed by atoms with Crippen LogP contribution in [0.5, 0.6) is 0 Å². The Morgan fingerprint density at radius 3 is 2.21 bits per heavy atom. The summed E-state index contributed by atoms with van der Waals surface area (Å²) in [6.45, 7) is 3.86. The number of hydrogen-bond donors (Lipinski definition) is 1. The predicted molar refractivity (Wildman–Crippen MR) is 148 cm³/mol. The molecule has 39 heavy (non-hydrogen) atoms. The average molecular weight is 597 g/mol. The number of halogens is 3. The Hall–Kier alpha value is -2.13. The van der Waals surface area contributed by atoms with Gasteiger partial charge < -0.3 is 19.3 Å². The van der Waals surface area contributed by atoms with Gasteiger partial charge in [0.2, 0.25) is 0 Å². The minimum atomic E-state index is -0.790. The quantitative estimate of drug-likeness (QED) is 0.350. The lowest BCUT2D eigenvalue weighted by Crippen LogP contribution is -2.46. The van der Waals surface area contributed by atoms with E-state index in [2.05, 4.69) is 11.9 Å². The van der Waals surface area contributed by atoms with Gasteiger partial charge in [-0.2, -0.15) is 0 Å². The van der Waals surface area contributed by atoms with E-state index in [0.29, 0.717) is 25.7 Å². The predicted octanol–water partition coefficient (Wildman–Crippen LogP) is 6.48. The van der Waals surface area contributed by atoms with Gasteiger partial charge in [0, 0.05) is 24.6 Å². The van der Waals surface area contributed by atoms with Crippen molar-refractivity contribution in [2.75, 3.05) is 13.1 Å². The van der Waals surface area contributed by atoms with Crippen LogP contribution in [0.25, 0.3) is 0 Å². The van der Waals surface area contributed by atoms with Gasteiger partial charge >= 0.3 is 5.97 Å². The highest BCUT2D eigenvalue weighted by molar-refractivity contribution is 6.39. The fourth-order valence-electron chi connectivity index (χ4n) is 6.40. The van der Waals surface area contributed by atoms with E-state index in [-0.39, 0.29) is 57.0 Å². The monoisotopic (exact) mass is 595 g/mol. The third-order valence-electron chi connectivity index (χ3n) is 8.96. The minimum absolute atomic E-state index is 0.0108. The van der Waals surface area contributed by atoms with Gasteiger partial charge in [-0.3, -0.25) is 19.4 Å². The molecule has 0 spiro atoms. The van der Waals surface area contributed by atoms with Gasteiger partial charge in [0.05, 0.1) is 50.9 Å². The van der Waals surface area contributed by atoms with Crippen molar-refractivity contribution in [1.82, 2.24) is 14.5 Å². The van der Waals surface area contributed by atoms with Crippen molar-refractivity contribution in [2.45, 2.75) is 82.5 Å². The number of amides is 1. The van der Waals surface area contributed by atoms with Crippen molar-refractivity contribution in [2.24, 2.45) is 5.41 Å². The Balaban J connectivity index is 1.40. The van der Waals surface area contributed by atoms with E-state index in [1.165, 1.54) is 17.3 Å². The summed E-state index contributed by atoms with van der Waals surface area (Å²) in [4.78, 5) is 44.5. The van der Waals surface area contributed by atoms with Crippen molar-refractivity contribution >= 4 is 52.5 Å². The fourth-order valence-corrected chi connectivity index (χ4v) is 7.31. The highest BCUT2D eigenvalue weighted by Crippen LogP contribution is 2.51. The fraction of sp³-hybridized carbons (Fsp3) is 0.571. The summed E-state index contributed by atoms with van der Waals surface area (Å²) in [5.41, 5.74) is -1.06. The van der Waals surface area contributed by atoms with Crippen LogP contribution in [0.3, 0.4) is 0 Å². The maximum absolute atomic E-state index is 14.0.